The molecule has 0 aliphatic carbocycles. The average Bonchev–Trinajstić information content (AvgIpc) is 2.42. The Bertz CT molecular complexity index is 511. The maximum absolute atomic E-state index is 12.4. The molecule has 0 spiro atoms. The van der Waals surface area contributed by atoms with E-state index in [2.05, 4.69) is 10.6 Å². The Morgan fingerprint density at radius 3 is 2.09 bits per heavy atom. The molecule has 0 bridgehead atoms. The fourth-order valence-corrected chi connectivity index (χ4v) is 1.65. The molecule has 1 aromatic rings. The van der Waals surface area contributed by atoms with Crippen LogP contribution in [0, 0.1) is 5.92 Å². The highest BCUT2D eigenvalue weighted by Gasteiger charge is 2.29. The molecule has 1 rings (SSSR count). The zero-order valence-corrected chi connectivity index (χ0v) is 12.5. The molecule has 22 heavy (non-hydrogen) atoms. The SMILES string of the molecule is CC(C)C(=O)NCCNC(=O)Cc1ccc(C(F)(F)F)cc1. The molecule has 0 radical (unpaired) electrons. The van der Waals surface area contributed by atoms with Crippen LogP contribution >= 0.6 is 0 Å². The standard InChI is InChI=1S/C15H19F3N2O2/c1-10(2)14(22)20-8-7-19-13(21)9-11-3-5-12(6-4-11)15(16,17)18/h3-6,10H,7-9H2,1-2H3,(H,19,21)(H,20,22). The van der Waals surface area contributed by atoms with Gasteiger partial charge in [-0.25, -0.2) is 0 Å². The summed E-state index contributed by atoms with van der Waals surface area (Å²) < 4.78 is 37.2. The molecule has 0 fully saturated rings. The van der Waals surface area contributed by atoms with Crippen molar-refractivity contribution in [2.24, 2.45) is 5.92 Å². The van der Waals surface area contributed by atoms with Gasteiger partial charge in [0.1, 0.15) is 0 Å². The summed E-state index contributed by atoms with van der Waals surface area (Å²) in [4.78, 5) is 22.9. The predicted molar refractivity (Wildman–Crippen MR) is 76.0 cm³/mol. The van der Waals surface area contributed by atoms with Gasteiger partial charge in [0.15, 0.2) is 0 Å². The van der Waals surface area contributed by atoms with E-state index in [-0.39, 0.29) is 30.7 Å². The van der Waals surface area contributed by atoms with Gasteiger partial charge in [-0.05, 0) is 17.7 Å². The second-order valence-electron chi connectivity index (χ2n) is 5.17. The first kappa shape index (κ1) is 18.0. The van der Waals surface area contributed by atoms with Gasteiger partial charge in [-0.2, -0.15) is 13.2 Å². The van der Waals surface area contributed by atoms with Gasteiger partial charge in [0.25, 0.3) is 0 Å². The summed E-state index contributed by atoms with van der Waals surface area (Å²) in [5.74, 6) is -0.529. The first-order chi connectivity index (χ1) is 10.2. The summed E-state index contributed by atoms with van der Waals surface area (Å²) in [6, 6.07) is 4.46. The molecule has 2 N–H and O–H groups in total. The number of amides is 2. The van der Waals surface area contributed by atoms with Gasteiger partial charge in [0.2, 0.25) is 11.8 Å². The van der Waals surface area contributed by atoms with E-state index < -0.39 is 11.7 Å². The topological polar surface area (TPSA) is 58.2 Å². The van der Waals surface area contributed by atoms with Crippen molar-refractivity contribution in [3.8, 4) is 0 Å². The number of hydrogen-bond acceptors (Lipinski definition) is 2. The summed E-state index contributed by atoms with van der Waals surface area (Å²) >= 11 is 0. The Kier molecular flexibility index (Phi) is 6.39. The van der Waals surface area contributed by atoms with Crippen molar-refractivity contribution in [3.05, 3.63) is 35.4 Å². The largest absolute Gasteiger partial charge is 0.416 e. The van der Waals surface area contributed by atoms with Crippen molar-refractivity contribution < 1.29 is 22.8 Å². The third kappa shape index (κ3) is 6.15. The van der Waals surface area contributed by atoms with Crippen LogP contribution in [-0.4, -0.2) is 24.9 Å². The Labute approximate surface area is 127 Å². The quantitative estimate of drug-likeness (QED) is 0.790. The molecule has 0 heterocycles. The highest BCUT2D eigenvalue weighted by atomic mass is 19.4. The zero-order chi connectivity index (χ0) is 16.8. The van der Waals surface area contributed by atoms with Crippen LogP contribution in [0.5, 0.6) is 0 Å². The number of halogens is 3. The van der Waals surface area contributed by atoms with E-state index in [0.717, 1.165) is 12.1 Å². The van der Waals surface area contributed by atoms with Crippen molar-refractivity contribution >= 4 is 11.8 Å². The summed E-state index contributed by atoms with van der Waals surface area (Å²) in [6.07, 6.45) is -4.38. The van der Waals surface area contributed by atoms with Gasteiger partial charge < -0.3 is 10.6 Å². The molecule has 0 unspecified atom stereocenters. The minimum Gasteiger partial charge on any atom is -0.354 e. The molecule has 2 amide bonds. The van der Waals surface area contributed by atoms with Gasteiger partial charge in [0, 0.05) is 19.0 Å². The van der Waals surface area contributed by atoms with E-state index in [1.807, 2.05) is 0 Å². The zero-order valence-electron chi connectivity index (χ0n) is 12.5. The molecule has 0 aliphatic heterocycles. The molecule has 0 aliphatic rings. The number of alkyl halides is 3. The maximum Gasteiger partial charge on any atom is 0.416 e. The Morgan fingerprint density at radius 1 is 1.05 bits per heavy atom. The smallest absolute Gasteiger partial charge is 0.354 e. The number of benzene rings is 1. The van der Waals surface area contributed by atoms with Gasteiger partial charge in [-0.15, -0.1) is 0 Å². The summed E-state index contributed by atoms with van der Waals surface area (Å²) in [6.45, 7) is 4.12. The van der Waals surface area contributed by atoms with Gasteiger partial charge in [0.05, 0.1) is 12.0 Å². The molecular weight excluding hydrogens is 297 g/mol. The fraction of sp³-hybridized carbons (Fsp3) is 0.467. The molecule has 122 valence electrons. The molecule has 0 saturated heterocycles. The van der Waals surface area contributed by atoms with E-state index in [0.29, 0.717) is 12.1 Å². The Hall–Kier alpha value is -2.05. The third-order valence-electron chi connectivity index (χ3n) is 2.92. The van der Waals surface area contributed by atoms with Crippen LogP contribution in [0.2, 0.25) is 0 Å². The second-order valence-corrected chi connectivity index (χ2v) is 5.17. The summed E-state index contributed by atoms with van der Waals surface area (Å²) in [7, 11) is 0. The van der Waals surface area contributed by atoms with Crippen LogP contribution < -0.4 is 10.6 Å². The molecule has 1 aromatic carbocycles. The van der Waals surface area contributed by atoms with Crippen LogP contribution in [0.3, 0.4) is 0 Å². The number of rotatable bonds is 6. The monoisotopic (exact) mass is 316 g/mol. The van der Waals surface area contributed by atoms with E-state index in [4.69, 9.17) is 0 Å². The maximum atomic E-state index is 12.4. The molecule has 0 aromatic heterocycles. The van der Waals surface area contributed by atoms with Crippen LogP contribution in [-0.2, 0) is 22.2 Å². The van der Waals surface area contributed by atoms with Crippen LogP contribution in [0.1, 0.15) is 25.0 Å². The molecule has 4 nitrogen and oxygen atoms in total. The minimum absolute atomic E-state index is 0.00371. The summed E-state index contributed by atoms with van der Waals surface area (Å²) in [5.41, 5.74) is -0.246. The summed E-state index contributed by atoms with van der Waals surface area (Å²) in [5, 5.41) is 5.24. The van der Waals surface area contributed by atoms with Crippen molar-refractivity contribution in [3.63, 3.8) is 0 Å². The number of carbonyl (C=O) groups is 2. The molecule has 0 atom stereocenters. The second kappa shape index (κ2) is 7.82. The van der Waals surface area contributed by atoms with Crippen molar-refractivity contribution in [2.45, 2.75) is 26.4 Å². The van der Waals surface area contributed by atoms with Gasteiger partial charge >= 0.3 is 6.18 Å². The van der Waals surface area contributed by atoms with Crippen molar-refractivity contribution in [1.29, 1.82) is 0 Å². The highest BCUT2D eigenvalue weighted by molar-refractivity contribution is 5.79. The van der Waals surface area contributed by atoms with Crippen molar-refractivity contribution in [1.82, 2.24) is 10.6 Å². The lowest BCUT2D eigenvalue weighted by Crippen LogP contribution is -2.36. The minimum atomic E-state index is -4.38. The lowest BCUT2D eigenvalue weighted by molar-refractivity contribution is -0.137. The van der Waals surface area contributed by atoms with Gasteiger partial charge in [-0.3, -0.25) is 9.59 Å². The number of hydrogen-bond donors (Lipinski definition) is 2. The van der Waals surface area contributed by atoms with E-state index in [1.54, 1.807) is 13.8 Å². The van der Waals surface area contributed by atoms with Crippen LogP contribution in [0.15, 0.2) is 24.3 Å². The van der Waals surface area contributed by atoms with E-state index in [1.165, 1.54) is 12.1 Å². The van der Waals surface area contributed by atoms with Crippen LogP contribution in [0.25, 0.3) is 0 Å². The number of carbonyl (C=O) groups excluding carboxylic acids is 2. The van der Waals surface area contributed by atoms with Crippen molar-refractivity contribution in [2.75, 3.05) is 13.1 Å². The Balaban J connectivity index is 2.35. The van der Waals surface area contributed by atoms with E-state index in [9.17, 15) is 22.8 Å². The lowest BCUT2D eigenvalue weighted by atomic mass is 10.1. The first-order valence-electron chi connectivity index (χ1n) is 6.90. The van der Waals surface area contributed by atoms with Gasteiger partial charge in [-0.1, -0.05) is 26.0 Å². The highest BCUT2D eigenvalue weighted by Crippen LogP contribution is 2.29. The predicted octanol–water partition coefficient (Wildman–Crippen LogP) is 2.14. The van der Waals surface area contributed by atoms with Crippen LogP contribution in [0.4, 0.5) is 13.2 Å². The Morgan fingerprint density at radius 2 is 1.59 bits per heavy atom. The third-order valence-corrected chi connectivity index (χ3v) is 2.92. The first-order valence-corrected chi connectivity index (χ1v) is 6.90. The molecular formula is C15H19F3N2O2. The van der Waals surface area contributed by atoms with E-state index >= 15 is 0 Å². The molecule has 0 saturated carbocycles. The number of nitrogens with one attached hydrogen (secondary N) is 2. The normalized spacial score (nSPS) is 11.4. The average molecular weight is 316 g/mol. The lowest BCUT2D eigenvalue weighted by Gasteiger charge is -2.09. The fourth-order valence-electron chi connectivity index (χ4n) is 1.65. The molecule has 7 heteroatoms.